The van der Waals surface area contributed by atoms with E-state index in [4.69, 9.17) is 5.14 Å². The maximum Gasteiger partial charge on any atom is 0.255 e. The van der Waals surface area contributed by atoms with Crippen molar-refractivity contribution in [2.75, 3.05) is 6.54 Å². The number of likely N-dealkylation sites (tertiary alicyclic amines) is 1. The van der Waals surface area contributed by atoms with Crippen LogP contribution in [0.2, 0.25) is 0 Å². The molecule has 1 fully saturated rings. The van der Waals surface area contributed by atoms with E-state index in [-0.39, 0.29) is 16.2 Å². The molecule has 20 heavy (non-hydrogen) atoms. The molecule has 2 heterocycles. The van der Waals surface area contributed by atoms with Crippen molar-refractivity contribution >= 4 is 27.3 Å². The van der Waals surface area contributed by atoms with Gasteiger partial charge in [0.2, 0.25) is 10.0 Å². The Morgan fingerprint density at radius 2 is 2.10 bits per heavy atom. The lowest BCUT2D eigenvalue weighted by Crippen LogP contribution is -2.46. The molecule has 7 heteroatoms. The maximum atomic E-state index is 12.6. The highest BCUT2D eigenvalue weighted by molar-refractivity contribution is 7.91. The Labute approximate surface area is 123 Å². The molecule has 1 saturated heterocycles. The first-order valence-corrected chi connectivity index (χ1v) is 9.08. The second-order valence-corrected chi connectivity index (χ2v) is 8.10. The third-order valence-corrected chi connectivity index (χ3v) is 6.80. The van der Waals surface area contributed by atoms with Gasteiger partial charge in [-0.05, 0) is 38.2 Å². The molecule has 1 aliphatic rings. The standard InChI is InChI=1S/C13H20N2O3S2/c1-8-5-4-6-15(10(8)3)12(16)11-7-19-13(9(11)2)20(14,17)18/h7-8,10H,4-6H2,1-3H3,(H2,14,17,18). The molecular weight excluding hydrogens is 296 g/mol. The minimum absolute atomic E-state index is 0.0820. The molecule has 1 amide bonds. The van der Waals surface area contributed by atoms with E-state index < -0.39 is 10.0 Å². The number of primary sulfonamides is 1. The highest BCUT2D eigenvalue weighted by atomic mass is 32.2. The Bertz CT molecular complexity index is 622. The van der Waals surface area contributed by atoms with E-state index in [1.165, 1.54) is 0 Å². The predicted octanol–water partition coefficient (Wildman–Crippen LogP) is 1.96. The fraction of sp³-hybridized carbons (Fsp3) is 0.615. The summed E-state index contributed by atoms with van der Waals surface area (Å²) in [5.41, 5.74) is 0.924. The normalized spacial score (nSPS) is 23.9. The van der Waals surface area contributed by atoms with Crippen LogP contribution in [-0.4, -0.2) is 31.8 Å². The van der Waals surface area contributed by atoms with Crippen LogP contribution in [0.15, 0.2) is 9.59 Å². The maximum absolute atomic E-state index is 12.6. The first-order valence-electron chi connectivity index (χ1n) is 6.65. The van der Waals surface area contributed by atoms with Gasteiger partial charge in [-0.2, -0.15) is 0 Å². The van der Waals surface area contributed by atoms with Crippen LogP contribution in [-0.2, 0) is 10.0 Å². The second kappa shape index (κ2) is 5.46. The Balaban J connectivity index is 2.33. The quantitative estimate of drug-likeness (QED) is 0.905. The predicted molar refractivity (Wildman–Crippen MR) is 79.3 cm³/mol. The van der Waals surface area contributed by atoms with Crippen molar-refractivity contribution in [3.8, 4) is 0 Å². The lowest BCUT2D eigenvalue weighted by Gasteiger charge is -2.38. The van der Waals surface area contributed by atoms with Crippen molar-refractivity contribution in [2.45, 2.75) is 43.9 Å². The Morgan fingerprint density at radius 1 is 1.45 bits per heavy atom. The topological polar surface area (TPSA) is 80.5 Å². The summed E-state index contributed by atoms with van der Waals surface area (Å²) < 4.78 is 23.0. The first kappa shape index (κ1) is 15.5. The number of hydrogen-bond donors (Lipinski definition) is 1. The van der Waals surface area contributed by atoms with Gasteiger partial charge < -0.3 is 4.90 Å². The van der Waals surface area contributed by atoms with Gasteiger partial charge in [0, 0.05) is 18.0 Å². The van der Waals surface area contributed by atoms with Gasteiger partial charge in [0.1, 0.15) is 4.21 Å². The molecule has 0 bridgehead atoms. The molecule has 0 saturated carbocycles. The molecule has 0 aliphatic carbocycles. The number of rotatable bonds is 2. The van der Waals surface area contributed by atoms with Crippen LogP contribution in [0, 0.1) is 12.8 Å². The summed E-state index contributed by atoms with van der Waals surface area (Å²) >= 11 is 1.02. The summed E-state index contributed by atoms with van der Waals surface area (Å²) in [4.78, 5) is 14.5. The van der Waals surface area contributed by atoms with Crippen molar-refractivity contribution in [1.29, 1.82) is 0 Å². The third kappa shape index (κ3) is 2.75. The van der Waals surface area contributed by atoms with Crippen LogP contribution in [0.5, 0.6) is 0 Å². The van der Waals surface area contributed by atoms with Gasteiger partial charge in [-0.25, -0.2) is 13.6 Å². The molecule has 2 atom stereocenters. The average molecular weight is 316 g/mol. The highest BCUT2D eigenvalue weighted by Gasteiger charge is 2.31. The fourth-order valence-electron chi connectivity index (χ4n) is 2.67. The number of carbonyl (C=O) groups is 1. The van der Waals surface area contributed by atoms with E-state index in [1.54, 1.807) is 12.3 Å². The summed E-state index contributed by atoms with van der Waals surface area (Å²) in [5.74, 6) is 0.372. The average Bonchev–Trinajstić information content (AvgIpc) is 2.73. The molecule has 0 spiro atoms. The lowest BCUT2D eigenvalue weighted by molar-refractivity contribution is 0.0550. The van der Waals surface area contributed by atoms with Crippen molar-refractivity contribution in [3.05, 3.63) is 16.5 Å². The number of thiophene rings is 1. The first-order chi connectivity index (χ1) is 9.23. The van der Waals surface area contributed by atoms with E-state index >= 15 is 0 Å². The Hall–Kier alpha value is -0.920. The molecule has 5 nitrogen and oxygen atoms in total. The summed E-state index contributed by atoms with van der Waals surface area (Å²) in [6.45, 7) is 6.55. The molecule has 1 aromatic rings. The second-order valence-electron chi connectivity index (χ2n) is 5.47. The fourth-order valence-corrected chi connectivity index (χ4v) is 4.67. The van der Waals surface area contributed by atoms with Crippen molar-refractivity contribution in [1.82, 2.24) is 4.90 Å². The number of nitrogens with two attached hydrogens (primary N) is 1. The molecular formula is C13H20N2O3S2. The molecule has 0 radical (unpaired) electrons. The molecule has 2 rings (SSSR count). The van der Waals surface area contributed by atoms with Gasteiger partial charge in [0.05, 0.1) is 5.56 Å². The van der Waals surface area contributed by atoms with E-state index in [0.717, 1.165) is 30.7 Å². The van der Waals surface area contributed by atoms with Crippen LogP contribution < -0.4 is 5.14 Å². The van der Waals surface area contributed by atoms with E-state index in [9.17, 15) is 13.2 Å². The van der Waals surface area contributed by atoms with Crippen LogP contribution >= 0.6 is 11.3 Å². The van der Waals surface area contributed by atoms with Crippen LogP contribution in [0.4, 0.5) is 0 Å². The van der Waals surface area contributed by atoms with Crippen molar-refractivity contribution < 1.29 is 13.2 Å². The summed E-state index contributed by atoms with van der Waals surface area (Å²) in [5, 5.41) is 6.76. The van der Waals surface area contributed by atoms with Crippen LogP contribution in [0.3, 0.4) is 0 Å². The molecule has 0 aromatic carbocycles. The highest BCUT2D eigenvalue weighted by Crippen LogP contribution is 2.30. The largest absolute Gasteiger partial charge is 0.336 e. The third-order valence-electron chi connectivity index (χ3n) is 4.12. The van der Waals surface area contributed by atoms with E-state index in [2.05, 4.69) is 6.92 Å². The Kier molecular flexibility index (Phi) is 4.22. The molecule has 1 aliphatic heterocycles. The van der Waals surface area contributed by atoms with Gasteiger partial charge >= 0.3 is 0 Å². The smallest absolute Gasteiger partial charge is 0.255 e. The number of sulfonamides is 1. The van der Waals surface area contributed by atoms with Crippen molar-refractivity contribution in [3.63, 3.8) is 0 Å². The van der Waals surface area contributed by atoms with E-state index in [1.807, 2.05) is 11.8 Å². The lowest BCUT2D eigenvalue weighted by atomic mass is 9.91. The van der Waals surface area contributed by atoms with Crippen molar-refractivity contribution in [2.24, 2.45) is 11.1 Å². The number of piperidine rings is 1. The van der Waals surface area contributed by atoms with Gasteiger partial charge in [0.25, 0.3) is 5.91 Å². The molecule has 112 valence electrons. The zero-order chi connectivity index (χ0) is 15.1. The Morgan fingerprint density at radius 3 is 2.65 bits per heavy atom. The SMILES string of the molecule is Cc1c(C(=O)N2CCCC(C)C2C)csc1S(N)(=O)=O. The minimum Gasteiger partial charge on any atom is -0.336 e. The number of hydrogen-bond acceptors (Lipinski definition) is 4. The summed E-state index contributed by atoms with van der Waals surface area (Å²) in [7, 11) is -3.75. The van der Waals surface area contributed by atoms with Gasteiger partial charge in [-0.15, -0.1) is 11.3 Å². The molecule has 1 aromatic heterocycles. The zero-order valence-electron chi connectivity index (χ0n) is 11.9. The number of nitrogens with zero attached hydrogens (tertiary/aromatic N) is 1. The van der Waals surface area contributed by atoms with E-state index in [0.29, 0.717) is 17.0 Å². The number of carbonyl (C=O) groups excluding carboxylic acids is 1. The number of amides is 1. The molecule has 2 N–H and O–H groups in total. The van der Waals surface area contributed by atoms with Gasteiger partial charge in [-0.1, -0.05) is 6.92 Å². The van der Waals surface area contributed by atoms with Gasteiger partial charge in [0.15, 0.2) is 0 Å². The minimum atomic E-state index is -3.75. The summed E-state index contributed by atoms with van der Waals surface area (Å²) in [6.07, 6.45) is 2.11. The van der Waals surface area contributed by atoms with Crippen LogP contribution in [0.25, 0.3) is 0 Å². The monoisotopic (exact) mass is 316 g/mol. The molecule has 2 unspecified atom stereocenters. The zero-order valence-corrected chi connectivity index (χ0v) is 13.6. The summed E-state index contributed by atoms with van der Waals surface area (Å²) in [6, 6.07) is 0.175. The van der Waals surface area contributed by atoms with Crippen LogP contribution in [0.1, 0.15) is 42.6 Å². The van der Waals surface area contributed by atoms with Gasteiger partial charge in [-0.3, -0.25) is 4.79 Å².